The zero-order chi connectivity index (χ0) is 15.4. The van der Waals surface area contributed by atoms with Crippen molar-refractivity contribution in [2.75, 3.05) is 26.3 Å². The number of hydrogen-bond acceptors (Lipinski definition) is 6. The summed E-state index contributed by atoms with van der Waals surface area (Å²) in [6.07, 6.45) is 1.41. The van der Waals surface area contributed by atoms with Crippen molar-refractivity contribution >= 4 is 5.97 Å². The summed E-state index contributed by atoms with van der Waals surface area (Å²) in [4.78, 5) is 14.1. The molecule has 0 aliphatic carbocycles. The van der Waals surface area contributed by atoms with Gasteiger partial charge in [0.1, 0.15) is 5.56 Å². The molecule has 0 saturated carbocycles. The predicted molar refractivity (Wildman–Crippen MR) is 75.9 cm³/mol. The minimum absolute atomic E-state index is 0.00302. The van der Waals surface area contributed by atoms with E-state index in [4.69, 9.17) is 9.47 Å². The zero-order valence-corrected chi connectivity index (χ0v) is 12.8. The Bertz CT molecular complexity index is 489. The number of nitrogens with zero attached hydrogens (tertiary/aromatic N) is 3. The van der Waals surface area contributed by atoms with Gasteiger partial charge in [0.25, 0.3) is 0 Å². The quantitative estimate of drug-likeness (QED) is 0.781. The van der Waals surface area contributed by atoms with Crippen molar-refractivity contribution in [1.29, 1.82) is 0 Å². The molecule has 2 unspecified atom stereocenters. The second-order valence-electron chi connectivity index (χ2n) is 5.29. The number of rotatable bonds is 5. The molecule has 1 fully saturated rings. The average molecular weight is 297 g/mol. The fourth-order valence-electron chi connectivity index (χ4n) is 2.61. The van der Waals surface area contributed by atoms with Crippen LogP contribution in [-0.2, 0) is 23.1 Å². The highest BCUT2D eigenvalue weighted by atomic mass is 16.5. The van der Waals surface area contributed by atoms with E-state index in [1.54, 1.807) is 17.8 Å². The second-order valence-corrected chi connectivity index (χ2v) is 5.29. The molecule has 1 aliphatic heterocycles. The molecule has 1 saturated heterocycles. The van der Waals surface area contributed by atoms with Gasteiger partial charge in [-0.25, -0.2) is 4.79 Å². The normalized spacial score (nSPS) is 23.2. The standard InChI is InChI=1S/C14H23N3O4/c1-4-20-14(19)12-5-15-16(3)13(12)8-17-6-10(2)21-11(7-17)9-18/h5,10-11,18H,4,6-9H2,1-3H3. The molecule has 0 amide bonds. The van der Waals surface area contributed by atoms with Crippen LogP contribution < -0.4 is 0 Å². The smallest absolute Gasteiger partial charge is 0.341 e. The van der Waals surface area contributed by atoms with Crippen LogP contribution in [-0.4, -0.2) is 64.3 Å². The largest absolute Gasteiger partial charge is 0.462 e. The Hall–Kier alpha value is -1.44. The Morgan fingerprint density at radius 1 is 1.57 bits per heavy atom. The predicted octanol–water partition coefficient (Wildman–Crippen LogP) is 0.178. The number of hydrogen-bond donors (Lipinski definition) is 1. The van der Waals surface area contributed by atoms with Gasteiger partial charge in [0.15, 0.2) is 0 Å². The molecule has 7 nitrogen and oxygen atoms in total. The van der Waals surface area contributed by atoms with E-state index in [9.17, 15) is 9.90 Å². The Morgan fingerprint density at radius 3 is 3.00 bits per heavy atom. The third-order valence-corrected chi connectivity index (χ3v) is 3.54. The van der Waals surface area contributed by atoms with Crippen molar-refractivity contribution in [3.05, 3.63) is 17.5 Å². The van der Waals surface area contributed by atoms with Crippen LogP contribution >= 0.6 is 0 Å². The lowest BCUT2D eigenvalue weighted by Gasteiger charge is -2.36. The Balaban J connectivity index is 2.11. The number of carbonyl (C=O) groups excluding carboxylic acids is 1. The maximum Gasteiger partial charge on any atom is 0.341 e. The highest BCUT2D eigenvalue weighted by molar-refractivity contribution is 5.90. The molecular weight excluding hydrogens is 274 g/mol. The van der Waals surface area contributed by atoms with Gasteiger partial charge in [-0.15, -0.1) is 0 Å². The van der Waals surface area contributed by atoms with E-state index in [1.165, 1.54) is 0 Å². The van der Waals surface area contributed by atoms with Crippen LogP contribution in [0.5, 0.6) is 0 Å². The molecule has 2 atom stereocenters. The van der Waals surface area contributed by atoms with Crippen LogP contribution in [0, 0.1) is 0 Å². The number of esters is 1. The number of aromatic nitrogens is 2. The van der Waals surface area contributed by atoms with E-state index in [-0.39, 0.29) is 24.8 Å². The van der Waals surface area contributed by atoms with Gasteiger partial charge in [-0.05, 0) is 13.8 Å². The third kappa shape index (κ3) is 3.81. The van der Waals surface area contributed by atoms with Gasteiger partial charge in [-0.3, -0.25) is 9.58 Å². The summed E-state index contributed by atoms with van der Waals surface area (Å²) in [5.41, 5.74) is 1.32. The van der Waals surface area contributed by atoms with Gasteiger partial charge >= 0.3 is 5.97 Å². The summed E-state index contributed by atoms with van der Waals surface area (Å²) in [5.74, 6) is -0.347. The Morgan fingerprint density at radius 2 is 2.33 bits per heavy atom. The molecule has 2 rings (SSSR count). The number of carbonyl (C=O) groups is 1. The van der Waals surface area contributed by atoms with Crippen molar-refractivity contribution in [2.24, 2.45) is 7.05 Å². The maximum absolute atomic E-state index is 11.9. The van der Waals surface area contributed by atoms with E-state index < -0.39 is 0 Å². The molecular formula is C14H23N3O4. The summed E-state index contributed by atoms with van der Waals surface area (Å²) < 4.78 is 12.4. The fourth-order valence-corrected chi connectivity index (χ4v) is 2.61. The topological polar surface area (TPSA) is 76.8 Å². The molecule has 1 aromatic heterocycles. The van der Waals surface area contributed by atoms with Gasteiger partial charge in [0, 0.05) is 26.7 Å². The second kappa shape index (κ2) is 7.02. The van der Waals surface area contributed by atoms with Crippen molar-refractivity contribution < 1.29 is 19.4 Å². The minimum Gasteiger partial charge on any atom is -0.462 e. The maximum atomic E-state index is 11.9. The van der Waals surface area contributed by atoms with Gasteiger partial charge in [0.05, 0.1) is 37.3 Å². The third-order valence-electron chi connectivity index (χ3n) is 3.54. The molecule has 0 bridgehead atoms. The highest BCUT2D eigenvalue weighted by Crippen LogP contribution is 2.17. The van der Waals surface area contributed by atoms with Crippen molar-refractivity contribution in [2.45, 2.75) is 32.6 Å². The lowest BCUT2D eigenvalue weighted by molar-refractivity contribution is -0.0977. The Labute approximate surface area is 124 Å². The number of ether oxygens (including phenoxy) is 2. The van der Waals surface area contributed by atoms with Crippen LogP contribution in [0.1, 0.15) is 29.9 Å². The van der Waals surface area contributed by atoms with Gasteiger partial charge < -0.3 is 14.6 Å². The SMILES string of the molecule is CCOC(=O)c1cnn(C)c1CN1CC(C)OC(CO)C1. The number of aliphatic hydroxyl groups excluding tert-OH is 1. The molecule has 0 radical (unpaired) electrons. The van der Waals surface area contributed by atoms with E-state index in [2.05, 4.69) is 10.00 Å². The molecule has 118 valence electrons. The summed E-state index contributed by atoms with van der Waals surface area (Å²) in [7, 11) is 1.81. The summed E-state index contributed by atoms with van der Waals surface area (Å²) in [6.45, 7) is 6.06. The summed E-state index contributed by atoms with van der Waals surface area (Å²) in [5, 5.41) is 13.4. The number of aliphatic hydroxyl groups is 1. The summed E-state index contributed by atoms with van der Waals surface area (Å²) in [6, 6.07) is 0. The first kappa shape index (κ1) is 15.9. The molecule has 1 aromatic rings. The molecule has 0 aromatic carbocycles. The Kier molecular flexibility index (Phi) is 5.33. The van der Waals surface area contributed by atoms with Crippen LogP contribution in [0.4, 0.5) is 0 Å². The average Bonchev–Trinajstić information content (AvgIpc) is 2.80. The van der Waals surface area contributed by atoms with Crippen molar-refractivity contribution in [1.82, 2.24) is 14.7 Å². The number of aryl methyl sites for hydroxylation is 1. The van der Waals surface area contributed by atoms with E-state index in [0.717, 1.165) is 12.2 Å². The van der Waals surface area contributed by atoms with Crippen molar-refractivity contribution in [3.63, 3.8) is 0 Å². The first-order chi connectivity index (χ1) is 10.0. The first-order valence-corrected chi connectivity index (χ1v) is 7.21. The van der Waals surface area contributed by atoms with Crippen LogP contribution in [0.2, 0.25) is 0 Å². The molecule has 7 heteroatoms. The minimum atomic E-state index is -0.347. The lowest BCUT2D eigenvalue weighted by Crippen LogP contribution is -2.47. The van der Waals surface area contributed by atoms with Crippen LogP contribution in [0.25, 0.3) is 0 Å². The molecule has 21 heavy (non-hydrogen) atoms. The van der Waals surface area contributed by atoms with Crippen molar-refractivity contribution in [3.8, 4) is 0 Å². The van der Waals surface area contributed by atoms with E-state index >= 15 is 0 Å². The lowest BCUT2D eigenvalue weighted by atomic mass is 10.2. The van der Waals surface area contributed by atoms with Gasteiger partial charge in [-0.2, -0.15) is 5.10 Å². The zero-order valence-electron chi connectivity index (χ0n) is 12.8. The van der Waals surface area contributed by atoms with E-state index in [1.807, 2.05) is 14.0 Å². The first-order valence-electron chi connectivity index (χ1n) is 7.21. The van der Waals surface area contributed by atoms with Crippen LogP contribution in [0.15, 0.2) is 6.20 Å². The monoisotopic (exact) mass is 297 g/mol. The van der Waals surface area contributed by atoms with Gasteiger partial charge in [-0.1, -0.05) is 0 Å². The van der Waals surface area contributed by atoms with Gasteiger partial charge in [0.2, 0.25) is 0 Å². The molecule has 1 aliphatic rings. The number of morpholine rings is 1. The molecule has 0 spiro atoms. The highest BCUT2D eigenvalue weighted by Gasteiger charge is 2.27. The van der Waals surface area contributed by atoms with Crippen LogP contribution in [0.3, 0.4) is 0 Å². The molecule has 2 heterocycles. The molecule has 1 N–H and O–H groups in total. The fraction of sp³-hybridized carbons (Fsp3) is 0.714. The van der Waals surface area contributed by atoms with E-state index in [0.29, 0.717) is 25.3 Å². The summed E-state index contributed by atoms with van der Waals surface area (Å²) >= 11 is 0.